The zero-order valence-electron chi connectivity index (χ0n) is 21.7. The minimum atomic E-state index is -5.16. The van der Waals surface area contributed by atoms with E-state index in [1.165, 1.54) is 42.6 Å². The maximum atomic E-state index is 16.2. The van der Waals surface area contributed by atoms with Gasteiger partial charge in [-0.1, -0.05) is 23.7 Å². The molecule has 2 aliphatic rings. The summed E-state index contributed by atoms with van der Waals surface area (Å²) in [6.45, 7) is -0.124. The molecule has 41 heavy (non-hydrogen) atoms. The summed E-state index contributed by atoms with van der Waals surface area (Å²) < 4.78 is 63.8. The van der Waals surface area contributed by atoms with Crippen molar-refractivity contribution in [3.8, 4) is 6.07 Å². The summed E-state index contributed by atoms with van der Waals surface area (Å²) in [6.07, 6.45) is -2.63. The van der Waals surface area contributed by atoms with E-state index in [2.05, 4.69) is 4.98 Å². The normalized spacial score (nSPS) is 20.9. The van der Waals surface area contributed by atoms with E-state index < -0.39 is 45.8 Å². The first-order valence-corrected chi connectivity index (χ1v) is 13.0. The molecule has 12 heteroatoms. The summed E-state index contributed by atoms with van der Waals surface area (Å²) in [5, 5.41) is 29.7. The van der Waals surface area contributed by atoms with Gasteiger partial charge in [0.05, 0.1) is 42.1 Å². The number of ether oxygens (including phenoxy) is 1. The standard InChI is InChI=1S/C29H24ClF4N3O4/c1-26(40,29(32,33)34)19-10-22-24(23(31)11-19)28(18-3-5-20(30)6-4-18,41-16-27(15-38)8-9-27)37(25(22)39)14-21-7-2-17(12-35)13-36-21/h2-7,10-11,13,38,40H,8-9,14-16H2,1H3/t26?,28-/m1/s1. The lowest BCUT2D eigenvalue weighted by Gasteiger charge is -2.40. The lowest BCUT2D eigenvalue weighted by molar-refractivity contribution is -0.258. The first-order valence-electron chi connectivity index (χ1n) is 12.6. The van der Waals surface area contributed by atoms with Crippen molar-refractivity contribution in [2.75, 3.05) is 13.2 Å². The highest BCUT2D eigenvalue weighted by Gasteiger charge is 2.58. The monoisotopic (exact) mass is 589 g/mol. The molecule has 1 saturated carbocycles. The topological polar surface area (TPSA) is 107 Å². The molecule has 1 fully saturated rings. The summed E-state index contributed by atoms with van der Waals surface area (Å²) in [5.41, 5.74) is -6.89. The van der Waals surface area contributed by atoms with Crippen LogP contribution in [0.5, 0.6) is 0 Å². The van der Waals surface area contributed by atoms with Gasteiger partial charge in [0, 0.05) is 22.2 Å². The highest BCUT2D eigenvalue weighted by molar-refractivity contribution is 6.30. The molecule has 2 atom stereocenters. The lowest BCUT2D eigenvalue weighted by atomic mass is 9.87. The van der Waals surface area contributed by atoms with E-state index in [0.29, 0.717) is 36.5 Å². The Labute approximate surface area is 237 Å². The maximum absolute atomic E-state index is 16.2. The first kappa shape index (κ1) is 29.0. The Morgan fingerprint density at radius 1 is 1.17 bits per heavy atom. The van der Waals surface area contributed by atoms with Crippen molar-refractivity contribution in [3.63, 3.8) is 0 Å². The highest BCUT2D eigenvalue weighted by Crippen LogP contribution is 2.53. The molecular formula is C29H24ClF4N3O4. The Morgan fingerprint density at radius 3 is 2.39 bits per heavy atom. The van der Waals surface area contributed by atoms with Gasteiger partial charge in [-0.05, 0) is 61.7 Å². The lowest BCUT2D eigenvalue weighted by Crippen LogP contribution is -2.48. The van der Waals surface area contributed by atoms with Crippen LogP contribution in [0.1, 0.15) is 58.1 Å². The number of fused-ring (bicyclic) bond motifs is 1. The van der Waals surface area contributed by atoms with Crippen LogP contribution in [0.25, 0.3) is 0 Å². The third-order valence-corrected chi connectivity index (χ3v) is 8.04. The second-order valence-electron chi connectivity index (χ2n) is 10.6. The average Bonchev–Trinajstić information content (AvgIpc) is 3.68. The van der Waals surface area contributed by atoms with Crippen molar-refractivity contribution in [2.24, 2.45) is 5.41 Å². The number of carbonyl (C=O) groups excluding carboxylic acids is 1. The largest absolute Gasteiger partial charge is 0.421 e. The van der Waals surface area contributed by atoms with Gasteiger partial charge in [-0.15, -0.1) is 0 Å². The van der Waals surface area contributed by atoms with Gasteiger partial charge in [0.1, 0.15) is 11.9 Å². The van der Waals surface area contributed by atoms with Crippen LogP contribution in [0.3, 0.4) is 0 Å². The summed E-state index contributed by atoms with van der Waals surface area (Å²) in [5.74, 6) is -2.07. The number of rotatable bonds is 8. The van der Waals surface area contributed by atoms with E-state index in [9.17, 15) is 28.2 Å². The average molecular weight is 590 g/mol. The third-order valence-electron chi connectivity index (χ3n) is 7.79. The van der Waals surface area contributed by atoms with E-state index >= 15 is 4.39 Å². The van der Waals surface area contributed by atoms with E-state index in [1.807, 2.05) is 6.07 Å². The number of hydrogen-bond donors (Lipinski definition) is 2. The molecule has 1 aliphatic carbocycles. The van der Waals surface area contributed by atoms with Crippen molar-refractivity contribution >= 4 is 17.5 Å². The molecule has 7 nitrogen and oxygen atoms in total. The number of nitriles is 1. The van der Waals surface area contributed by atoms with Gasteiger partial charge in [-0.2, -0.15) is 18.4 Å². The van der Waals surface area contributed by atoms with Crippen LogP contribution in [-0.2, 0) is 22.6 Å². The van der Waals surface area contributed by atoms with Crippen LogP contribution in [0.15, 0.2) is 54.7 Å². The molecule has 214 valence electrons. The molecule has 0 saturated heterocycles. The Hall–Kier alpha value is -3.56. The predicted molar refractivity (Wildman–Crippen MR) is 138 cm³/mol. The molecule has 5 rings (SSSR count). The molecule has 1 aliphatic heterocycles. The number of halogens is 5. The molecular weight excluding hydrogens is 566 g/mol. The molecule has 0 spiro atoms. The molecule has 2 aromatic carbocycles. The predicted octanol–water partition coefficient (Wildman–Crippen LogP) is 5.16. The molecule has 2 N–H and O–H groups in total. The summed E-state index contributed by atoms with van der Waals surface area (Å²) in [6, 6.07) is 12.3. The number of aromatic nitrogens is 1. The number of carbonyl (C=O) groups is 1. The summed E-state index contributed by atoms with van der Waals surface area (Å²) in [4.78, 5) is 19.4. The summed E-state index contributed by atoms with van der Waals surface area (Å²) in [7, 11) is 0. The fourth-order valence-electron chi connectivity index (χ4n) is 4.91. The van der Waals surface area contributed by atoms with Gasteiger partial charge in [0.25, 0.3) is 5.91 Å². The molecule has 1 amide bonds. The number of amides is 1. The van der Waals surface area contributed by atoms with Gasteiger partial charge in [-0.25, -0.2) is 4.39 Å². The zero-order chi connectivity index (χ0) is 29.8. The second-order valence-corrected chi connectivity index (χ2v) is 11.0. The number of hydrogen-bond acceptors (Lipinski definition) is 6. The van der Waals surface area contributed by atoms with E-state index in [1.54, 1.807) is 0 Å². The van der Waals surface area contributed by atoms with Crippen molar-refractivity contribution < 1.29 is 37.3 Å². The Morgan fingerprint density at radius 2 is 1.85 bits per heavy atom. The first-order chi connectivity index (χ1) is 19.3. The highest BCUT2D eigenvalue weighted by atomic mass is 35.5. The second kappa shape index (κ2) is 10.1. The van der Waals surface area contributed by atoms with Crippen LogP contribution >= 0.6 is 11.6 Å². The number of aliphatic hydroxyl groups is 2. The number of aliphatic hydroxyl groups excluding tert-OH is 1. The quantitative estimate of drug-likeness (QED) is 0.352. The number of alkyl halides is 3. The van der Waals surface area contributed by atoms with Crippen LogP contribution in [0.2, 0.25) is 5.02 Å². The molecule has 2 heterocycles. The van der Waals surface area contributed by atoms with E-state index in [4.69, 9.17) is 21.6 Å². The smallest absolute Gasteiger partial charge is 0.396 e. The molecule has 1 unspecified atom stereocenters. The fourth-order valence-corrected chi connectivity index (χ4v) is 5.03. The fraction of sp³-hybridized carbons (Fsp3) is 0.345. The number of benzene rings is 2. The number of pyridine rings is 1. The third kappa shape index (κ3) is 4.85. The van der Waals surface area contributed by atoms with Gasteiger partial charge in [0.2, 0.25) is 0 Å². The van der Waals surface area contributed by atoms with Crippen molar-refractivity contribution in [2.45, 2.75) is 43.8 Å². The molecule has 3 aromatic rings. The maximum Gasteiger partial charge on any atom is 0.421 e. The minimum Gasteiger partial charge on any atom is -0.396 e. The Balaban J connectivity index is 1.75. The van der Waals surface area contributed by atoms with Crippen molar-refractivity contribution in [1.82, 2.24) is 9.88 Å². The SMILES string of the molecule is CC(O)(c1cc(F)c2c(c1)C(=O)N(Cc1ccc(C#N)cn1)[C@@]2(OCC1(CO)CC1)c1ccc(Cl)cc1)C(F)(F)F. The van der Waals surface area contributed by atoms with E-state index in [-0.39, 0.29) is 36.4 Å². The van der Waals surface area contributed by atoms with Crippen molar-refractivity contribution in [3.05, 3.63) is 99.1 Å². The van der Waals surface area contributed by atoms with Gasteiger partial charge >= 0.3 is 6.18 Å². The van der Waals surface area contributed by atoms with E-state index in [0.717, 1.165) is 11.0 Å². The Kier molecular flexibility index (Phi) is 7.11. The van der Waals surface area contributed by atoms with Crippen LogP contribution in [-0.4, -0.2) is 45.4 Å². The van der Waals surface area contributed by atoms with Crippen LogP contribution < -0.4 is 0 Å². The van der Waals surface area contributed by atoms with Gasteiger partial charge in [0.15, 0.2) is 11.3 Å². The van der Waals surface area contributed by atoms with Crippen molar-refractivity contribution in [1.29, 1.82) is 5.26 Å². The molecule has 1 aromatic heterocycles. The summed E-state index contributed by atoms with van der Waals surface area (Å²) >= 11 is 6.12. The van der Waals surface area contributed by atoms with Crippen LogP contribution in [0.4, 0.5) is 17.6 Å². The molecule has 0 bridgehead atoms. The number of nitrogens with zero attached hydrogens (tertiary/aromatic N) is 3. The minimum absolute atomic E-state index is 0.0996. The zero-order valence-corrected chi connectivity index (χ0v) is 22.4. The van der Waals surface area contributed by atoms with Gasteiger partial charge < -0.3 is 14.9 Å². The molecule has 0 radical (unpaired) electrons. The van der Waals surface area contributed by atoms with Gasteiger partial charge in [-0.3, -0.25) is 14.7 Å². The van der Waals surface area contributed by atoms with Crippen LogP contribution in [0, 0.1) is 22.6 Å². The Bertz CT molecular complexity index is 1530.